The van der Waals surface area contributed by atoms with Gasteiger partial charge < -0.3 is 10.2 Å². The highest BCUT2D eigenvalue weighted by atomic mass is 35.5. The van der Waals surface area contributed by atoms with Crippen LogP contribution in [0, 0.1) is 6.92 Å². The van der Waals surface area contributed by atoms with Crippen molar-refractivity contribution in [2.45, 2.75) is 17.9 Å². The van der Waals surface area contributed by atoms with Crippen LogP contribution in [0.1, 0.15) is 17.2 Å². The van der Waals surface area contributed by atoms with Gasteiger partial charge in [-0.25, -0.2) is 8.42 Å². The van der Waals surface area contributed by atoms with Gasteiger partial charge in [-0.15, -0.1) is 12.4 Å². The van der Waals surface area contributed by atoms with Crippen molar-refractivity contribution >= 4 is 27.9 Å². The smallest absolute Gasteiger partial charge is 0.176 e. The molecule has 1 atom stereocenters. The predicted octanol–water partition coefficient (Wildman–Crippen LogP) is 4.64. The van der Waals surface area contributed by atoms with Crippen molar-refractivity contribution in [2.24, 2.45) is 0 Å². The Morgan fingerprint density at radius 2 is 1.63 bits per heavy atom. The molecule has 1 aliphatic heterocycles. The first-order chi connectivity index (χ1) is 14.0. The van der Waals surface area contributed by atoms with E-state index in [9.17, 15) is 8.42 Å². The Kier molecular flexibility index (Phi) is 6.86. The van der Waals surface area contributed by atoms with Crippen LogP contribution >= 0.6 is 12.4 Å². The first-order valence-corrected chi connectivity index (χ1v) is 11.8. The maximum absolute atomic E-state index is 13.0. The Morgan fingerprint density at radius 3 is 2.33 bits per heavy atom. The van der Waals surface area contributed by atoms with Gasteiger partial charge in [-0.3, -0.25) is 0 Å². The summed E-state index contributed by atoms with van der Waals surface area (Å²) in [6.45, 7) is 4.51. The largest absolute Gasteiger partial charge is 0.362 e. The second kappa shape index (κ2) is 9.21. The van der Waals surface area contributed by atoms with E-state index in [1.54, 1.807) is 0 Å². The first kappa shape index (κ1) is 22.3. The molecule has 30 heavy (non-hydrogen) atoms. The molecule has 1 N–H and O–H groups in total. The maximum atomic E-state index is 13.0. The van der Waals surface area contributed by atoms with Crippen molar-refractivity contribution in [1.82, 2.24) is 5.32 Å². The molecule has 4 rings (SSSR count). The molecule has 0 aromatic heterocycles. The molecule has 158 valence electrons. The molecule has 4 nitrogen and oxygen atoms in total. The number of hydrogen-bond donors (Lipinski definition) is 1. The third-order valence-electron chi connectivity index (χ3n) is 5.53. The Labute approximate surface area is 185 Å². The summed E-state index contributed by atoms with van der Waals surface area (Å²) in [5.74, 6) is 0. The van der Waals surface area contributed by atoms with Crippen LogP contribution in [0.2, 0.25) is 0 Å². The molecular formula is C24H27ClN2O2S. The standard InChI is InChI=1S/C24H26N2O2S.ClH/c1-18-9-6-7-14-22(18)26-16-15-25-17-23(26)21-13-8-12-20(24(21)29(2,27)28)19-10-4-3-5-11-19;/h3-14,23,25H,15-17H2,1-2H3;1H. The number of benzene rings is 3. The summed E-state index contributed by atoms with van der Waals surface area (Å²) < 4.78 is 25.9. The second-order valence-electron chi connectivity index (χ2n) is 7.56. The highest BCUT2D eigenvalue weighted by Gasteiger charge is 2.30. The summed E-state index contributed by atoms with van der Waals surface area (Å²) in [4.78, 5) is 2.77. The lowest BCUT2D eigenvalue weighted by Crippen LogP contribution is -2.46. The number of anilines is 1. The number of sulfone groups is 1. The van der Waals surface area contributed by atoms with E-state index < -0.39 is 9.84 Å². The number of rotatable bonds is 4. The van der Waals surface area contributed by atoms with Crippen LogP contribution in [-0.4, -0.2) is 34.3 Å². The number of nitrogens with one attached hydrogen (secondary N) is 1. The zero-order valence-corrected chi connectivity index (χ0v) is 18.8. The summed E-state index contributed by atoms with van der Waals surface area (Å²) in [5.41, 5.74) is 4.88. The zero-order valence-electron chi connectivity index (χ0n) is 17.2. The molecule has 0 bridgehead atoms. The molecule has 1 saturated heterocycles. The number of halogens is 1. The van der Waals surface area contributed by atoms with Crippen LogP contribution in [0.15, 0.2) is 77.7 Å². The topological polar surface area (TPSA) is 49.4 Å². The number of para-hydroxylation sites is 1. The second-order valence-corrected chi connectivity index (χ2v) is 9.51. The summed E-state index contributed by atoms with van der Waals surface area (Å²) in [7, 11) is -3.43. The Morgan fingerprint density at radius 1 is 0.933 bits per heavy atom. The van der Waals surface area contributed by atoms with Gasteiger partial charge in [0.15, 0.2) is 9.84 Å². The fraction of sp³-hybridized carbons (Fsp3) is 0.250. The van der Waals surface area contributed by atoms with Crippen LogP contribution in [0.3, 0.4) is 0 Å². The summed E-state index contributed by atoms with van der Waals surface area (Å²) in [5, 5.41) is 3.45. The Hall–Kier alpha value is -2.34. The molecule has 0 amide bonds. The Balaban J connectivity index is 0.00000256. The highest BCUT2D eigenvalue weighted by molar-refractivity contribution is 7.91. The molecule has 3 aromatic rings. The summed E-state index contributed by atoms with van der Waals surface area (Å²) in [6, 6.07) is 23.8. The van der Waals surface area contributed by atoms with Gasteiger partial charge in [-0.1, -0.05) is 66.7 Å². The van der Waals surface area contributed by atoms with Crippen LogP contribution in [0.4, 0.5) is 5.69 Å². The molecule has 0 radical (unpaired) electrons. The lowest BCUT2D eigenvalue weighted by atomic mass is 9.96. The average molecular weight is 443 g/mol. The predicted molar refractivity (Wildman–Crippen MR) is 126 cm³/mol. The minimum absolute atomic E-state index is 0. The Bertz CT molecular complexity index is 1120. The van der Waals surface area contributed by atoms with Gasteiger partial charge in [0, 0.05) is 37.1 Å². The van der Waals surface area contributed by atoms with E-state index in [-0.39, 0.29) is 18.4 Å². The maximum Gasteiger partial charge on any atom is 0.176 e. The van der Waals surface area contributed by atoms with E-state index in [2.05, 4.69) is 29.3 Å². The highest BCUT2D eigenvalue weighted by Crippen LogP contribution is 2.38. The SMILES string of the molecule is Cc1ccccc1N1CCNCC1c1cccc(-c2ccccc2)c1S(C)(=O)=O.Cl. The normalized spacial score (nSPS) is 16.7. The quantitative estimate of drug-likeness (QED) is 0.639. The first-order valence-electron chi connectivity index (χ1n) is 9.88. The lowest BCUT2D eigenvalue weighted by Gasteiger charge is -2.40. The van der Waals surface area contributed by atoms with Crippen molar-refractivity contribution in [3.05, 3.63) is 83.9 Å². The van der Waals surface area contributed by atoms with E-state index >= 15 is 0 Å². The number of piperazine rings is 1. The van der Waals surface area contributed by atoms with Gasteiger partial charge in [-0.05, 0) is 29.7 Å². The van der Waals surface area contributed by atoms with Crippen LogP contribution in [-0.2, 0) is 9.84 Å². The van der Waals surface area contributed by atoms with Crippen LogP contribution < -0.4 is 10.2 Å². The third-order valence-corrected chi connectivity index (χ3v) is 6.73. The minimum Gasteiger partial charge on any atom is -0.362 e. The minimum atomic E-state index is -3.43. The van der Waals surface area contributed by atoms with Gasteiger partial charge >= 0.3 is 0 Å². The summed E-state index contributed by atoms with van der Waals surface area (Å²) in [6.07, 6.45) is 1.31. The van der Waals surface area contributed by atoms with Gasteiger partial charge in [0.25, 0.3) is 0 Å². The molecule has 6 heteroatoms. The molecule has 1 heterocycles. The van der Waals surface area contributed by atoms with Crippen molar-refractivity contribution in [1.29, 1.82) is 0 Å². The number of aryl methyl sites for hydroxylation is 1. The molecular weight excluding hydrogens is 416 g/mol. The molecule has 0 saturated carbocycles. The average Bonchev–Trinajstić information content (AvgIpc) is 2.74. The van der Waals surface area contributed by atoms with Crippen LogP contribution in [0.5, 0.6) is 0 Å². The third kappa shape index (κ3) is 4.38. The van der Waals surface area contributed by atoms with Crippen molar-refractivity contribution in [3.8, 4) is 11.1 Å². The van der Waals surface area contributed by atoms with Crippen LogP contribution in [0.25, 0.3) is 11.1 Å². The molecule has 0 aliphatic carbocycles. The van der Waals surface area contributed by atoms with E-state index in [0.717, 1.165) is 35.5 Å². The van der Waals surface area contributed by atoms with Crippen molar-refractivity contribution in [2.75, 3.05) is 30.8 Å². The summed E-state index contributed by atoms with van der Waals surface area (Å²) >= 11 is 0. The van der Waals surface area contributed by atoms with Gasteiger partial charge in [0.1, 0.15) is 0 Å². The fourth-order valence-corrected chi connectivity index (χ4v) is 5.45. The fourth-order valence-electron chi connectivity index (χ4n) is 4.23. The lowest BCUT2D eigenvalue weighted by molar-refractivity contribution is 0.483. The number of nitrogens with zero attached hydrogens (tertiary/aromatic N) is 1. The molecule has 3 aromatic carbocycles. The van der Waals surface area contributed by atoms with Gasteiger partial charge in [0.2, 0.25) is 0 Å². The van der Waals surface area contributed by atoms with E-state index in [0.29, 0.717) is 11.4 Å². The monoisotopic (exact) mass is 442 g/mol. The van der Waals surface area contributed by atoms with Crippen molar-refractivity contribution < 1.29 is 8.42 Å². The molecule has 1 unspecified atom stereocenters. The molecule has 0 spiro atoms. The van der Waals surface area contributed by atoms with E-state index in [1.165, 1.54) is 11.8 Å². The molecule has 1 aliphatic rings. The van der Waals surface area contributed by atoms with E-state index in [4.69, 9.17) is 0 Å². The number of hydrogen-bond acceptors (Lipinski definition) is 4. The van der Waals surface area contributed by atoms with Gasteiger partial charge in [0.05, 0.1) is 10.9 Å². The molecule has 1 fully saturated rings. The van der Waals surface area contributed by atoms with Crippen molar-refractivity contribution in [3.63, 3.8) is 0 Å². The zero-order chi connectivity index (χ0) is 20.4. The van der Waals surface area contributed by atoms with E-state index in [1.807, 2.05) is 60.7 Å². The van der Waals surface area contributed by atoms with Gasteiger partial charge in [-0.2, -0.15) is 0 Å².